The van der Waals surface area contributed by atoms with Crippen molar-refractivity contribution in [1.29, 1.82) is 0 Å². The second-order valence-corrected chi connectivity index (χ2v) is 6.88. The molecule has 150 valence electrons. The summed E-state index contributed by atoms with van der Waals surface area (Å²) in [5.74, 6) is 0.0543. The predicted octanol–water partition coefficient (Wildman–Crippen LogP) is 3.03. The molecule has 1 aromatic heterocycles. The predicted molar refractivity (Wildman–Crippen MR) is 95.4 cm³/mol. The van der Waals surface area contributed by atoms with Gasteiger partial charge >= 0.3 is 6.18 Å². The van der Waals surface area contributed by atoms with Gasteiger partial charge in [0, 0.05) is 52.3 Å². The minimum Gasteiger partial charge on any atom is -0.368 e. The molecule has 0 unspecified atom stereocenters. The molecule has 0 bridgehead atoms. The van der Waals surface area contributed by atoms with Gasteiger partial charge in [0.15, 0.2) is 0 Å². The van der Waals surface area contributed by atoms with E-state index in [4.69, 9.17) is 11.6 Å². The van der Waals surface area contributed by atoms with Crippen LogP contribution in [0.3, 0.4) is 0 Å². The number of anilines is 1. The molecule has 27 heavy (non-hydrogen) atoms. The van der Waals surface area contributed by atoms with E-state index in [1.54, 1.807) is 16.8 Å². The Bertz CT molecular complexity index is 691. The maximum atomic E-state index is 12.6. The normalized spacial score (nSPS) is 15.6. The molecule has 1 aromatic rings. The number of carbonyl (C=O) groups excluding carboxylic acids is 2. The van der Waals surface area contributed by atoms with Crippen molar-refractivity contribution < 1.29 is 22.8 Å². The Labute approximate surface area is 160 Å². The number of amides is 2. The highest BCUT2D eigenvalue weighted by Crippen LogP contribution is 2.32. The number of rotatable bonds is 5. The van der Waals surface area contributed by atoms with E-state index in [0.717, 1.165) is 18.9 Å². The third-order valence-electron chi connectivity index (χ3n) is 4.66. The quantitative estimate of drug-likeness (QED) is 0.816. The van der Waals surface area contributed by atoms with Crippen LogP contribution in [0, 0.1) is 0 Å². The lowest BCUT2D eigenvalue weighted by Crippen LogP contribution is -2.47. The zero-order valence-electron chi connectivity index (χ0n) is 15.1. The molecule has 0 aromatic carbocycles. The molecule has 1 N–H and O–H groups in total. The second-order valence-electron chi connectivity index (χ2n) is 6.47. The Balaban J connectivity index is 1.79. The van der Waals surface area contributed by atoms with Gasteiger partial charge in [-0.2, -0.15) is 13.2 Å². The smallest absolute Gasteiger partial charge is 0.368 e. The zero-order chi connectivity index (χ0) is 20.2. The summed E-state index contributed by atoms with van der Waals surface area (Å²) in [4.78, 5) is 30.8. The molecule has 0 atom stereocenters. The molecular weight excluding hydrogens is 385 g/mol. The number of carbonyl (C=O) groups is 2. The molecule has 0 spiro atoms. The number of nitrogens with one attached hydrogen (secondary N) is 1. The van der Waals surface area contributed by atoms with Gasteiger partial charge in [0.25, 0.3) is 0 Å². The van der Waals surface area contributed by atoms with Crippen molar-refractivity contribution >= 4 is 29.2 Å². The molecule has 1 saturated heterocycles. The first-order valence-electron chi connectivity index (χ1n) is 8.57. The number of nitrogens with zero attached hydrogens (tertiary/aromatic N) is 3. The van der Waals surface area contributed by atoms with Crippen LogP contribution in [0.4, 0.5) is 19.0 Å². The molecule has 10 heteroatoms. The SMILES string of the molecule is CC(=O)N(C)C1CCN(C(=O)CCNc2ncc(C(F)(F)F)cc2Cl)CC1. The van der Waals surface area contributed by atoms with E-state index >= 15 is 0 Å². The van der Waals surface area contributed by atoms with Crippen LogP contribution in [-0.4, -0.2) is 59.3 Å². The lowest BCUT2D eigenvalue weighted by atomic mass is 10.0. The number of hydrogen-bond acceptors (Lipinski definition) is 4. The van der Waals surface area contributed by atoms with Gasteiger partial charge in [0.1, 0.15) is 5.82 Å². The van der Waals surface area contributed by atoms with Crippen molar-refractivity contribution in [2.45, 2.75) is 38.4 Å². The fourth-order valence-corrected chi connectivity index (χ4v) is 3.16. The summed E-state index contributed by atoms with van der Waals surface area (Å²) >= 11 is 5.82. The Hall–Kier alpha value is -2.03. The first-order valence-corrected chi connectivity index (χ1v) is 8.95. The van der Waals surface area contributed by atoms with Gasteiger partial charge in [-0.15, -0.1) is 0 Å². The Morgan fingerprint density at radius 3 is 2.52 bits per heavy atom. The van der Waals surface area contributed by atoms with Gasteiger partial charge in [-0.25, -0.2) is 4.98 Å². The summed E-state index contributed by atoms with van der Waals surface area (Å²) in [6, 6.07) is 0.939. The Morgan fingerprint density at radius 2 is 2.00 bits per heavy atom. The van der Waals surface area contributed by atoms with Gasteiger partial charge < -0.3 is 15.1 Å². The molecule has 2 amide bonds. The number of hydrogen-bond donors (Lipinski definition) is 1. The van der Waals surface area contributed by atoms with Crippen LogP contribution in [-0.2, 0) is 15.8 Å². The maximum Gasteiger partial charge on any atom is 0.417 e. The van der Waals surface area contributed by atoms with Crippen LogP contribution < -0.4 is 5.32 Å². The molecule has 2 heterocycles. The van der Waals surface area contributed by atoms with Crippen LogP contribution in [0.25, 0.3) is 0 Å². The Morgan fingerprint density at radius 1 is 1.37 bits per heavy atom. The summed E-state index contributed by atoms with van der Waals surface area (Å²) in [6.45, 7) is 2.87. The Kier molecular flexibility index (Phi) is 6.91. The van der Waals surface area contributed by atoms with E-state index in [2.05, 4.69) is 10.3 Å². The first kappa shape index (κ1) is 21.3. The van der Waals surface area contributed by atoms with Crippen LogP contribution in [0.5, 0.6) is 0 Å². The monoisotopic (exact) mass is 406 g/mol. The van der Waals surface area contributed by atoms with Gasteiger partial charge in [-0.05, 0) is 18.9 Å². The lowest BCUT2D eigenvalue weighted by molar-refractivity contribution is -0.138. The first-order chi connectivity index (χ1) is 12.6. The molecule has 1 aliphatic heterocycles. The summed E-state index contributed by atoms with van der Waals surface area (Å²) in [5.41, 5.74) is -0.924. The third-order valence-corrected chi connectivity index (χ3v) is 4.95. The molecule has 0 saturated carbocycles. The van der Waals surface area contributed by atoms with Crippen molar-refractivity contribution in [2.75, 3.05) is 32.0 Å². The number of halogens is 4. The number of aromatic nitrogens is 1. The highest BCUT2D eigenvalue weighted by molar-refractivity contribution is 6.32. The van der Waals surface area contributed by atoms with E-state index in [9.17, 15) is 22.8 Å². The van der Waals surface area contributed by atoms with Crippen molar-refractivity contribution in [1.82, 2.24) is 14.8 Å². The summed E-state index contributed by atoms with van der Waals surface area (Å²) < 4.78 is 37.8. The van der Waals surface area contributed by atoms with E-state index in [1.165, 1.54) is 6.92 Å². The second kappa shape index (κ2) is 8.77. The van der Waals surface area contributed by atoms with E-state index in [0.29, 0.717) is 19.3 Å². The molecule has 1 aliphatic rings. The molecule has 2 rings (SSSR count). The number of likely N-dealkylation sites (tertiary alicyclic amines) is 1. The van der Waals surface area contributed by atoms with Crippen LogP contribution in [0.15, 0.2) is 12.3 Å². The molecule has 1 fully saturated rings. The molecule has 0 aliphatic carbocycles. The van der Waals surface area contributed by atoms with Crippen molar-refractivity contribution in [3.05, 3.63) is 22.8 Å². The van der Waals surface area contributed by atoms with E-state index < -0.39 is 11.7 Å². The topological polar surface area (TPSA) is 65.5 Å². The maximum absolute atomic E-state index is 12.6. The minimum absolute atomic E-state index is 0.00453. The average molecular weight is 407 g/mol. The average Bonchev–Trinajstić information content (AvgIpc) is 2.61. The van der Waals surface area contributed by atoms with Crippen molar-refractivity contribution in [3.8, 4) is 0 Å². The van der Waals surface area contributed by atoms with Crippen molar-refractivity contribution in [2.24, 2.45) is 0 Å². The molecule has 6 nitrogen and oxygen atoms in total. The van der Waals surface area contributed by atoms with Gasteiger partial charge in [-0.1, -0.05) is 11.6 Å². The van der Waals surface area contributed by atoms with Crippen LogP contribution in [0.2, 0.25) is 5.02 Å². The molecular formula is C17H22ClF3N4O2. The number of alkyl halides is 3. The van der Waals surface area contributed by atoms with E-state index in [1.807, 2.05) is 0 Å². The fraction of sp³-hybridized carbons (Fsp3) is 0.588. The lowest BCUT2D eigenvalue weighted by Gasteiger charge is -2.36. The molecule has 0 radical (unpaired) electrons. The number of pyridine rings is 1. The highest BCUT2D eigenvalue weighted by Gasteiger charge is 2.31. The highest BCUT2D eigenvalue weighted by atomic mass is 35.5. The van der Waals surface area contributed by atoms with Crippen molar-refractivity contribution in [3.63, 3.8) is 0 Å². The van der Waals surface area contributed by atoms with Crippen LogP contribution in [0.1, 0.15) is 31.7 Å². The van der Waals surface area contributed by atoms with Crippen LogP contribution >= 0.6 is 11.6 Å². The van der Waals surface area contributed by atoms with Gasteiger partial charge in [0.05, 0.1) is 10.6 Å². The largest absolute Gasteiger partial charge is 0.417 e. The van der Waals surface area contributed by atoms with Gasteiger partial charge in [-0.3, -0.25) is 9.59 Å². The standard InChI is InChI=1S/C17H22ClF3N4O2/c1-11(26)24(2)13-4-7-25(8-5-13)15(27)3-6-22-16-14(18)9-12(10-23-16)17(19,20)21/h9-10,13H,3-8H2,1-2H3,(H,22,23). The fourth-order valence-electron chi connectivity index (χ4n) is 2.93. The van der Waals surface area contributed by atoms with Gasteiger partial charge in [0.2, 0.25) is 11.8 Å². The summed E-state index contributed by atoms with van der Waals surface area (Å²) in [5, 5.41) is 2.64. The minimum atomic E-state index is -4.51. The third kappa shape index (κ3) is 5.72. The zero-order valence-corrected chi connectivity index (χ0v) is 15.9. The van der Waals surface area contributed by atoms with E-state index in [-0.39, 0.29) is 41.7 Å². The summed E-state index contributed by atoms with van der Waals surface area (Å²) in [7, 11) is 1.76. The summed E-state index contributed by atoms with van der Waals surface area (Å²) in [6.07, 6.45) is -2.19. The number of piperidine rings is 1.